The lowest BCUT2D eigenvalue weighted by atomic mass is 10.0. The SMILES string of the molecule is COc1ccc([C@@H]2CCCN2C(=O)[C@@H](C)Oc2ccc(-n3cnnn3)cc2)c(OC)c1. The normalized spacial score (nSPS) is 16.7. The van der Waals surface area contributed by atoms with Crippen molar-refractivity contribution in [3.05, 3.63) is 54.4 Å². The Labute approximate surface area is 180 Å². The molecule has 31 heavy (non-hydrogen) atoms. The molecule has 0 aliphatic carbocycles. The molecule has 2 aromatic carbocycles. The van der Waals surface area contributed by atoms with Gasteiger partial charge in [0, 0.05) is 18.2 Å². The van der Waals surface area contributed by atoms with Crippen LogP contribution in [0.5, 0.6) is 17.2 Å². The summed E-state index contributed by atoms with van der Waals surface area (Å²) in [6.45, 7) is 2.46. The van der Waals surface area contributed by atoms with Crippen LogP contribution in [0.25, 0.3) is 5.69 Å². The number of benzene rings is 2. The van der Waals surface area contributed by atoms with Crippen LogP contribution in [0, 0.1) is 0 Å². The summed E-state index contributed by atoms with van der Waals surface area (Å²) in [6.07, 6.45) is 2.70. The first kappa shape index (κ1) is 20.6. The van der Waals surface area contributed by atoms with Gasteiger partial charge in [0.2, 0.25) is 0 Å². The lowest BCUT2D eigenvalue weighted by Crippen LogP contribution is -2.40. The fourth-order valence-electron chi connectivity index (χ4n) is 3.89. The molecule has 0 bridgehead atoms. The van der Waals surface area contributed by atoms with Crippen molar-refractivity contribution in [1.29, 1.82) is 0 Å². The lowest BCUT2D eigenvalue weighted by Gasteiger charge is -2.29. The quantitative estimate of drug-likeness (QED) is 0.577. The van der Waals surface area contributed by atoms with Crippen LogP contribution in [0.1, 0.15) is 31.4 Å². The summed E-state index contributed by atoms with van der Waals surface area (Å²) in [7, 11) is 3.25. The van der Waals surface area contributed by atoms with E-state index in [-0.39, 0.29) is 11.9 Å². The van der Waals surface area contributed by atoms with Gasteiger partial charge < -0.3 is 19.1 Å². The van der Waals surface area contributed by atoms with E-state index in [0.717, 1.165) is 35.6 Å². The number of ether oxygens (including phenoxy) is 3. The summed E-state index contributed by atoms with van der Waals surface area (Å²) in [5.41, 5.74) is 1.79. The predicted octanol–water partition coefficient (Wildman–Crippen LogP) is 2.81. The maximum Gasteiger partial charge on any atom is 0.263 e. The van der Waals surface area contributed by atoms with Crippen LogP contribution >= 0.6 is 0 Å². The largest absolute Gasteiger partial charge is 0.497 e. The molecule has 9 nitrogen and oxygen atoms in total. The average molecular weight is 423 g/mol. The molecule has 1 aromatic heterocycles. The number of rotatable bonds is 7. The van der Waals surface area contributed by atoms with Gasteiger partial charge in [0.25, 0.3) is 5.91 Å². The van der Waals surface area contributed by atoms with Gasteiger partial charge in [0.15, 0.2) is 6.10 Å². The molecule has 0 N–H and O–H groups in total. The van der Waals surface area contributed by atoms with Gasteiger partial charge in [-0.2, -0.15) is 0 Å². The molecule has 1 saturated heterocycles. The highest BCUT2D eigenvalue weighted by molar-refractivity contribution is 5.81. The molecule has 3 aromatic rings. The summed E-state index contributed by atoms with van der Waals surface area (Å²) >= 11 is 0. The zero-order chi connectivity index (χ0) is 21.8. The number of nitrogens with zero attached hydrogens (tertiary/aromatic N) is 5. The van der Waals surface area contributed by atoms with E-state index in [1.54, 1.807) is 38.0 Å². The van der Waals surface area contributed by atoms with Gasteiger partial charge in [-0.3, -0.25) is 4.79 Å². The van der Waals surface area contributed by atoms with Crippen LogP contribution < -0.4 is 14.2 Å². The first-order valence-corrected chi connectivity index (χ1v) is 10.1. The minimum Gasteiger partial charge on any atom is -0.497 e. The van der Waals surface area contributed by atoms with Crippen LogP contribution in [-0.4, -0.2) is 57.9 Å². The van der Waals surface area contributed by atoms with Gasteiger partial charge in [-0.1, -0.05) is 0 Å². The Morgan fingerprint density at radius 1 is 1.10 bits per heavy atom. The monoisotopic (exact) mass is 423 g/mol. The molecule has 1 fully saturated rings. The minimum absolute atomic E-state index is 0.0510. The van der Waals surface area contributed by atoms with Crippen molar-refractivity contribution >= 4 is 5.91 Å². The first-order chi connectivity index (χ1) is 15.1. The van der Waals surface area contributed by atoms with Crippen LogP contribution in [0.4, 0.5) is 0 Å². The van der Waals surface area contributed by atoms with Crippen molar-refractivity contribution in [2.75, 3.05) is 20.8 Å². The van der Waals surface area contributed by atoms with E-state index in [1.807, 2.05) is 35.2 Å². The van der Waals surface area contributed by atoms with Gasteiger partial charge in [0.1, 0.15) is 23.6 Å². The zero-order valence-corrected chi connectivity index (χ0v) is 17.8. The van der Waals surface area contributed by atoms with E-state index >= 15 is 0 Å². The summed E-state index contributed by atoms with van der Waals surface area (Å²) in [5.74, 6) is 1.99. The molecule has 2 atom stereocenters. The number of methoxy groups -OCH3 is 2. The molecular weight excluding hydrogens is 398 g/mol. The van der Waals surface area contributed by atoms with Crippen molar-refractivity contribution in [2.45, 2.75) is 31.9 Å². The highest BCUT2D eigenvalue weighted by Gasteiger charge is 2.34. The Balaban J connectivity index is 1.47. The third-order valence-electron chi connectivity index (χ3n) is 5.45. The zero-order valence-electron chi connectivity index (χ0n) is 17.8. The van der Waals surface area contributed by atoms with Crippen molar-refractivity contribution in [3.8, 4) is 22.9 Å². The molecule has 9 heteroatoms. The second-order valence-electron chi connectivity index (χ2n) is 7.31. The molecule has 0 spiro atoms. The van der Waals surface area contributed by atoms with Crippen molar-refractivity contribution in [2.24, 2.45) is 0 Å². The average Bonchev–Trinajstić information content (AvgIpc) is 3.51. The first-order valence-electron chi connectivity index (χ1n) is 10.1. The van der Waals surface area contributed by atoms with Crippen LogP contribution in [0.15, 0.2) is 48.8 Å². The molecule has 0 saturated carbocycles. The molecule has 1 amide bonds. The molecule has 0 unspecified atom stereocenters. The molecule has 0 radical (unpaired) electrons. The summed E-state index contributed by atoms with van der Waals surface area (Å²) in [6, 6.07) is 12.9. The number of carbonyl (C=O) groups is 1. The van der Waals surface area contributed by atoms with Crippen molar-refractivity contribution in [1.82, 2.24) is 25.1 Å². The van der Waals surface area contributed by atoms with E-state index in [9.17, 15) is 4.79 Å². The molecule has 1 aliphatic rings. The Bertz CT molecular complexity index is 1020. The maximum absolute atomic E-state index is 13.2. The number of carbonyl (C=O) groups excluding carboxylic acids is 1. The topological polar surface area (TPSA) is 91.6 Å². The Morgan fingerprint density at radius 3 is 2.55 bits per heavy atom. The summed E-state index contributed by atoms with van der Waals surface area (Å²) in [5, 5.41) is 11.1. The highest BCUT2D eigenvalue weighted by atomic mass is 16.5. The van der Waals surface area contributed by atoms with E-state index < -0.39 is 6.10 Å². The van der Waals surface area contributed by atoms with Crippen LogP contribution in [-0.2, 0) is 4.79 Å². The standard InChI is InChI=1S/C22H25N5O4/c1-15(31-17-8-6-16(7-9-17)27-14-23-24-25-27)22(28)26-12-4-5-20(26)19-11-10-18(29-2)13-21(19)30-3/h6-11,13-15,20H,4-5,12H2,1-3H3/t15-,20+/m1/s1. The number of hydrogen-bond donors (Lipinski definition) is 0. The number of likely N-dealkylation sites (tertiary alicyclic amines) is 1. The number of aromatic nitrogens is 4. The van der Waals surface area contributed by atoms with Gasteiger partial charge in [0.05, 0.1) is 25.9 Å². The molecule has 162 valence electrons. The minimum atomic E-state index is -0.622. The fraction of sp³-hybridized carbons (Fsp3) is 0.364. The van der Waals surface area contributed by atoms with E-state index in [4.69, 9.17) is 14.2 Å². The van der Waals surface area contributed by atoms with E-state index in [1.165, 1.54) is 6.33 Å². The van der Waals surface area contributed by atoms with E-state index in [2.05, 4.69) is 15.5 Å². The fourth-order valence-corrected chi connectivity index (χ4v) is 3.89. The smallest absolute Gasteiger partial charge is 0.263 e. The number of amides is 1. The summed E-state index contributed by atoms with van der Waals surface area (Å²) < 4.78 is 18.3. The van der Waals surface area contributed by atoms with E-state index in [0.29, 0.717) is 12.3 Å². The second kappa shape index (κ2) is 9.03. The maximum atomic E-state index is 13.2. The number of tetrazole rings is 1. The Kier molecular flexibility index (Phi) is 6.01. The highest BCUT2D eigenvalue weighted by Crippen LogP contribution is 2.39. The van der Waals surface area contributed by atoms with Crippen molar-refractivity contribution in [3.63, 3.8) is 0 Å². The van der Waals surface area contributed by atoms with Crippen molar-refractivity contribution < 1.29 is 19.0 Å². The Hall–Kier alpha value is -3.62. The second-order valence-corrected chi connectivity index (χ2v) is 7.31. The van der Waals surface area contributed by atoms with Gasteiger partial charge in [-0.05, 0) is 66.6 Å². The molecular formula is C22H25N5O4. The lowest BCUT2D eigenvalue weighted by molar-refractivity contribution is -0.138. The van der Waals surface area contributed by atoms with Gasteiger partial charge >= 0.3 is 0 Å². The Morgan fingerprint density at radius 2 is 1.87 bits per heavy atom. The molecule has 2 heterocycles. The molecule has 4 rings (SSSR count). The molecule has 1 aliphatic heterocycles. The van der Waals surface area contributed by atoms with Gasteiger partial charge in [-0.25, -0.2) is 4.68 Å². The van der Waals surface area contributed by atoms with Crippen LogP contribution in [0.3, 0.4) is 0 Å². The summed E-state index contributed by atoms with van der Waals surface area (Å²) in [4.78, 5) is 15.1. The number of hydrogen-bond acceptors (Lipinski definition) is 7. The van der Waals surface area contributed by atoms with Gasteiger partial charge in [-0.15, -0.1) is 5.10 Å². The third kappa shape index (κ3) is 4.30. The predicted molar refractivity (Wildman–Crippen MR) is 112 cm³/mol. The van der Waals surface area contributed by atoms with Crippen LogP contribution in [0.2, 0.25) is 0 Å². The third-order valence-corrected chi connectivity index (χ3v) is 5.45.